The fraction of sp³-hybridized carbons (Fsp3) is 0.345. The molecule has 0 bridgehead atoms. The first-order valence-corrected chi connectivity index (χ1v) is 12.1. The molecule has 208 valence electrons. The van der Waals surface area contributed by atoms with Crippen LogP contribution in [0.1, 0.15) is 30.5 Å². The van der Waals surface area contributed by atoms with Crippen LogP contribution in [0.5, 0.6) is 11.5 Å². The first kappa shape index (κ1) is 33.2. The minimum atomic E-state index is -0.463. The highest BCUT2D eigenvalue weighted by Crippen LogP contribution is 2.29. The van der Waals surface area contributed by atoms with Crippen molar-refractivity contribution >= 4 is 30.7 Å². The van der Waals surface area contributed by atoms with E-state index in [2.05, 4.69) is 22.3 Å². The van der Waals surface area contributed by atoms with Gasteiger partial charge in [0, 0.05) is 25.2 Å². The molecule has 3 rings (SSSR count). The quantitative estimate of drug-likeness (QED) is 0.299. The third-order valence-corrected chi connectivity index (χ3v) is 5.59. The summed E-state index contributed by atoms with van der Waals surface area (Å²) >= 11 is 0. The Bertz CT molecular complexity index is 1130. The third-order valence-electron chi connectivity index (χ3n) is 5.59. The lowest BCUT2D eigenvalue weighted by Crippen LogP contribution is -2.47. The Morgan fingerprint density at radius 2 is 1.66 bits per heavy atom. The van der Waals surface area contributed by atoms with E-state index in [1.54, 1.807) is 13.2 Å². The summed E-state index contributed by atoms with van der Waals surface area (Å²) in [5.41, 5.74) is 8.49. The third kappa shape index (κ3) is 11.7. The summed E-state index contributed by atoms with van der Waals surface area (Å²) in [7, 11) is 1.60. The van der Waals surface area contributed by atoms with Crippen LogP contribution in [0, 0.1) is 5.82 Å². The zero-order valence-corrected chi connectivity index (χ0v) is 23.7. The first-order chi connectivity index (χ1) is 17.2. The van der Waals surface area contributed by atoms with Crippen molar-refractivity contribution < 1.29 is 18.7 Å². The summed E-state index contributed by atoms with van der Waals surface area (Å²) in [5.74, 6) is 0.860. The Morgan fingerprint density at radius 3 is 2.32 bits per heavy atom. The van der Waals surface area contributed by atoms with Gasteiger partial charge < -0.3 is 20.5 Å². The molecule has 0 fully saturated rings. The second-order valence-electron chi connectivity index (χ2n) is 9.62. The monoisotopic (exact) mass is 565 g/mol. The Morgan fingerprint density at radius 1 is 0.947 bits per heavy atom. The van der Waals surface area contributed by atoms with E-state index in [1.165, 1.54) is 12.1 Å². The highest BCUT2D eigenvalue weighted by atomic mass is 35.5. The molecule has 38 heavy (non-hydrogen) atoms. The molecule has 0 unspecified atom stereocenters. The molecule has 0 spiro atoms. The maximum atomic E-state index is 13.4. The summed E-state index contributed by atoms with van der Waals surface area (Å²) in [6, 6.07) is 22.2. The highest BCUT2D eigenvalue weighted by molar-refractivity contribution is 5.85. The van der Waals surface area contributed by atoms with Crippen LogP contribution in [0.15, 0.2) is 72.8 Å². The van der Waals surface area contributed by atoms with Gasteiger partial charge in [-0.3, -0.25) is 9.69 Å². The lowest BCUT2D eigenvalue weighted by atomic mass is 10.1. The topological polar surface area (TPSA) is 76.8 Å². The fourth-order valence-electron chi connectivity index (χ4n) is 3.70. The number of amides is 1. The summed E-state index contributed by atoms with van der Waals surface area (Å²) in [6.07, 6.45) is 0.725. The fourth-order valence-corrected chi connectivity index (χ4v) is 3.70. The lowest BCUT2D eigenvalue weighted by Gasteiger charge is -2.24. The van der Waals surface area contributed by atoms with E-state index in [1.807, 2.05) is 56.3 Å². The van der Waals surface area contributed by atoms with Crippen LogP contribution in [0.2, 0.25) is 0 Å². The van der Waals surface area contributed by atoms with Crippen molar-refractivity contribution in [2.24, 2.45) is 5.73 Å². The molecule has 3 aromatic carbocycles. The van der Waals surface area contributed by atoms with Crippen molar-refractivity contribution in [2.75, 3.05) is 26.7 Å². The van der Waals surface area contributed by atoms with E-state index in [0.29, 0.717) is 31.1 Å². The Hall–Kier alpha value is -2.84. The molecule has 3 aromatic rings. The van der Waals surface area contributed by atoms with Crippen molar-refractivity contribution in [3.63, 3.8) is 0 Å². The molecule has 6 nitrogen and oxygen atoms in total. The maximum Gasteiger partial charge on any atom is 0.234 e. The van der Waals surface area contributed by atoms with Crippen LogP contribution in [-0.2, 0) is 24.4 Å². The Balaban J connectivity index is 0.00000361. The summed E-state index contributed by atoms with van der Waals surface area (Å²) in [6.45, 7) is 6.04. The molecule has 0 atom stereocenters. The number of nitrogens with two attached hydrogens (primary N) is 1. The van der Waals surface area contributed by atoms with Gasteiger partial charge >= 0.3 is 0 Å². The number of rotatable bonds is 13. The van der Waals surface area contributed by atoms with Gasteiger partial charge in [-0.1, -0.05) is 48.5 Å². The van der Waals surface area contributed by atoms with E-state index >= 15 is 0 Å². The standard InChI is InChI=1S/C29H36FN3O3.2ClH/c1-29(2,31)21-32-28(34)19-33(18-23-8-5-4-6-9-23)15-14-22-12-13-26(27(17-22)35-3)36-20-24-10-7-11-25(30)16-24;;/h4-13,16-17H,14-15,18-21,31H2,1-3H3,(H,32,34);2*1H. The SMILES string of the molecule is COc1cc(CCN(CC(=O)NCC(C)(C)N)Cc2ccccc2)ccc1OCc1cccc(F)c1.Cl.Cl. The summed E-state index contributed by atoms with van der Waals surface area (Å²) < 4.78 is 24.8. The molecule has 0 saturated heterocycles. The Kier molecular flexibility index (Phi) is 14.1. The van der Waals surface area contributed by atoms with Crippen molar-refractivity contribution in [1.29, 1.82) is 0 Å². The smallest absolute Gasteiger partial charge is 0.234 e. The molecule has 0 aliphatic rings. The zero-order chi connectivity index (χ0) is 26.0. The van der Waals surface area contributed by atoms with E-state index < -0.39 is 5.54 Å². The van der Waals surface area contributed by atoms with E-state index in [4.69, 9.17) is 15.2 Å². The van der Waals surface area contributed by atoms with Gasteiger partial charge in [-0.25, -0.2) is 4.39 Å². The number of halogens is 3. The van der Waals surface area contributed by atoms with Crippen molar-refractivity contribution in [3.05, 3.63) is 95.3 Å². The van der Waals surface area contributed by atoms with Gasteiger partial charge in [-0.2, -0.15) is 0 Å². The molecule has 0 heterocycles. The summed E-state index contributed by atoms with van der Waals surface area (Å²) in [4.78, 5) is 14.7. The molecule has 9 heteroatoms. The lowest BCUT2D eigenvalue weighted by molar-refractivity contribution is -0.122. The number of nitrogens with one attached hydrogen (secondary N) is 1. The average Bonchev–Trinajstić information content (AvgIpc) is 2.85. The zero-order valence-electron chi connectivity index (χ0n) is 22.1. The van der Waals surface area contributed by atoms with Gasteiger partial charge in [0.15, 0.2) is 11.5 Å². The van der Waals surface area contributed by atoms with Crippen LogP contribution in [0.4, 0.5) is 4.39 Å². The van der Waals surface area contributed by atoms with Gasteiger partial charge in [0.25, 0.3) is 0 Å². The highest BCUT2D eigenvalue weighted by Gasteiger charge is 2.16. The number of hydrogen-bond donors (Lipinski definition) is 2. The predicted octanol–water partition coefficient (Wildman–Crippen LogP) is 5.16. The molecule has 3 N–H and O–H groups in total. The number of carbonyl (C=O) groups is 1. The predicted molar refractivity (Wildman–Crippen MR) is 155 cm³/mol. The van der Waals surface area contributed by atoms with E-state index in [-0.39, 0.29) is 49.7 Å². The molecule has 0 aromatic heterocycles. The van der Waals surface area contributed by atoms with Gasteiger partial charge in [-0.05, 0) is 61.2 Å². The minimum Gasteiger partial charge on any atom is -0.493 e. The minimum absolute atomic E-state index is 0. The normalized spacial score (nSPS) is 10.8. The molecule has 0 saturated carbocycles. The first-order valence-electron chi connectivity index (χ1n) is 12.1. The molecule has 0 aliphatic heterocycles. The number of ether oxygens (including phenoxy) is 2. The number of methoxy groups -OCH3 is 1. The van der Waals surface area contributed by atoms with Crippen LogP contribution in [0.25, 0.3) is 0 Å². The number of benzene rings is 3. The summed E-state index contributed by atoms with van der Waals surface area (Å²) in [5, 5.41) is 2.93. The second-order valence-corrected chi connectivity index (χ2v) is 9.62. The van der Waals surface area contributed by atoms with Crippen molar-refractivity contribution in [3.8, 4) is 11.5 Å². The molecule has 0 radical (unpaired) electrons. The number of hydrogen-bond acceptors (Lipinski definition) is 5. The van der Waals surface area contributed by atoms with Crippen LogP contribution in [-0.4, -0.2) is 43.1 Å². The van der Waals surface area contributed by atoms with Gasteiger partial charge in [0.05, 0.1) is 13.7 Å². The largest absolute Gasteiger partial charge is 0.493 e. The van der Waals surface area contributed by atoms with Crippen LogP contribution < -0.4 is 20.5 Å². The van der Waals surface area contributed by atoms with Crippen molar-refractivity contribution in [1.82, 2.24) is 10.2 Å². The maximum absolute atomic E-state index is 13.4. The Labute approximate surface area is 237 Å². The van der Waals surface area contributed by atoms with E-state index in [0.717, 1.165) is 23.1 Å². The number of carbonyl (C=O) groups excluding carboxylic acids is 1. The molecular formula is C29H38Cl2FN3O3. The van der Waals surface area contributed by atoms with Crippen LogP contribution in [0.3, 0.4) is 0 Å². The average molecular weight is 567 g/mol. The molecule has 1 amide bonds. The van der Waals surface area contributed by atoms with E-state index in [9.17, 15) is 9.18 Å². The van der Waals surface area contributed by atoms with Crippen LogP contribution >= 0.6 is 24.8 Å². The van der Waals surface area contributed by atoms with Gasteiger partial charge in [0.1, 0.15) is 12.4 Å². The number of nitrogens with zero attached hydrogens (tertiary/aromatic N) is 1. The van der Waals surface area contributed by atoms with Gasteiger partial charge in [0.2, 0.25) is 5.91 Å². The second kappa shape index (κ2) is 16.2. The molecular weight excluding hydrogens is 528 g/mol. The van der Waals surface area contributed by atoms with Crippen molar-refractivity contribution in [2.45, 2.75) is 39.0 Å². The molecule has 0 aliphatic carbocycles. The van der Waals surface area contributed by atoms with Gasteiger partial charge in [-0.15, -0.1) is 24.8 Å².